The zero-order chi connectivity index (χ0) is 8.55. The van der Waals surface area contributed by atoms with Gasteiger partial charge in [-0.1, -0.05) is 12.2 Å². The molecule has 66 valence electrons. The van der Waals surface area contributed by atoms with Gasteiger partial charge in [0.25, 0.3) is 0 Å². The van der Waals surface area contributed by atoms with Gasteiger partial charge in [-0.3, -0.25) is 4.79 Å². The van der Waals surface area contributed by atoms with Gasteiger partial charge in [0, 0.05) is 20.0 Å². The Morgan fingerprint density at radius 1 is 1.58 bits per heavy atom. The highest BCUT2D eigenvalue weighted by Gasteiger charge is 2.31. The van der Waals surface area contributed by atoms with Crippen LogP contribution < -0.4 is 0 Å². The number of fused-ring (bicyclic) bond motifs is 1. The number of carbonyl (C=O) groups is 1. The Labute approximate surface area is 73.2 Å². The summed E-state index contributed by atoms with van der Waals surface area (Å²) in [7, 11) is 1.91. The van der Waals surface area contributed by atoms with E-state index >= 15 is 0 Å². The molecule has 0 radical (unpaired) electrons. The second kappa shape index (κ2) is 2.92. The molecule has 1 fully saturated rings. The molecule has 2 rings (SSSR count). The first-order chi connectivity index (χ1) is 5.77. The van der Waals surface area contributed by atoms with Gasteiger partial charge in [0.2, 0.25) is 5.91 Å². The fraction of sp³-hybridized carbons (Fsp3) is 0.700. The standard InChI is InChI=1S/C10H15NO/c1-11-7-9-5-3-2-4-8(9)6-10(11)12/h2,4,8-9H,3,5-7H2,1H3/t8-,9-/m0/s1. The molecule has 1 aliphatic carbocycles. The second-order valence-electron chi connectivity index (χ2n) is 3.91. The number of hydrogen-bond acceptors (Lipinski definition) is 1. The minimum absolute atomic E-state index is 0.308. The molecule has 1 aliphatic heterocycles. The first kappa shape index (κ1) is 7.84. The largest absolute Gasteiger partial charge is 0.345 e. The summed E-state index contributed by atoms with van der Waals surface area (Å²) in [6.07, 6.45) is 7.65. The zero-order valence-electron chi connectivity index (χ0n) is 7.49. The molecule has 0 N–H and O–H groups in total. The van der Waals surface area contributed by atoms with E-state index in [-0.39, 0.29) is 0 Å². The van der Waals surface area contributed by atoms with Crippen molar-refractivity contribution in [1.82, 2.24) is 4.90 Å². The SMILES string of the molecule is CN1C[C@@H]2CCC=C[C@H]2CC1=O. The fourth-order valence-corrected chi connectivity index (χ4v) is 2.22. The molecule has 1 amide bonds. The molecule has 0 bridgehead atoms. The first-order valence-electron chi connectivity index (χ1n) is 4.68. The topological polar surface area (TPSA) is 20.3 Å². The third-order valence-corrected chi connectivity index (χ3v) is 3.04. The van der Waals surface area contributed by atoms with Gasteiger partial charge in [-0.15, -0.1) is 0 Å². The van der Waals surface area contributed by atoms with Crippen LogP contribution in [0.15, 0.2) is 12.2 Å². The fourth-order valence-electron chi connectivity index (χ4n) is 2.22. The molecule has 2 heteroatoms. The molecule has 1 saturated heterocycles. The molecular formula is C10H15NO. The van der Waals surface area contributed by atoms with Crippen molar-refractivity contribution in [3.05, 3.63) is 12.2 Å². The quantitative estimate of drug-likeness (QED) is 0.497. The molecule has 0 aromatic carbocycles. The third kappa shape index (κ3) is 1.26. The van der Waals surface area contributed by atoms with E-state index in [1.807, 2.05) is 11.9 Å². The van der Waals surface area contributed by atoms with Crippen molar-refractivity contribution in [2.24, 2.45) is 11.8 Å². The van der Waals surface area contributed by atoms with Crippen LogP contribution in [0.25, 0.3) is 0 Å². The highest BCUT2D eigenvalue weighted by molar-refractivity contribution is 5.77. The maximum Gasteiger partial charge on any atom is 0.222 e. The Balaban J connectivity index is 2.10. The predicted molar refractivity (Wildman–Crippen MR) is 47.6 cm³/mol. The molecule has 2 nitrogen and oxygen atoms in total. The first-order valence-corrected chi connectivity index (χ1v) is 4.68. The normalized spacial score (nSPS) is 35.1. The number of amides is 1. The Morgan fingerprint density at radius 2 is 2.42 bits per heavy atom. The van der Waals surface area contributed by atoms with Gasteiger partial charge in [0.1, 0.15) is 0 Å². The molecule has 0 aromatic heterocycles. The van der Waals surface area contributed by atoms with Crippen molar-refractivity contribution >= 4 is 5.91 Å². The van der Waals surface area contributed by atoms with Crippen LogP contribution in [0.3, 0.4) is 0 Å². The molecule has 0 saturated carbocycles. The number of likely N-dealkylation sites (tertiary alicyclic amines) is 1. The van der Waals surface area contributed by atoms with Crippen LogP contribution in [-0.2, 0) is 4.79 Å². The average Bonchev–Trinajstić information content (AvgIpc) is 2.07. The zero-order valence-corrected chi connectivity index (χ0v) is 7.49. The summed E-state index contributed by atoms with van der Waals surface area (Å²) in [5.74, 6) is 1.59. The molecule has 1 heterocycles. The van der Waals surface area contributed by atoms with E-state index in [0.29, 0.717) is 11.8 Å². The Bertz CT molecular complexity index is 222. The Hall–Kier alpha value is -0.790. The number of carbonyl (C=O) groups excluding carboxylic acids is 1. The number of nitrogens with zero attached hydrogens (tertiary/aromatic N) is 1. The van der Waals surface area contributed by atoms with Crippen molar-refractivity contribution in [2.75, 3.05) is 13.6 Å². The predicted octanol–water partition coefficient (Wildman–Crippen LogP) is 1.43. The summed E-state index contributed by atoms with van der Waals surface area (Å²) in [5.41, 5.74) is 0. The van der Waals surface area contributed by atoms with Crippen LogP contribution in [0.4, 0.5) is 0 Å². The summed E-state index contributed by atoms with van der Waals surface area (Å²) in [6, 6.07) is 0. The second-order valence-corrected chi connectivity index (χ2v) is 3.91. The van der Waals surface area contributed by atoms with Crippen molar-refractivity contribution in [2.45, 2.75) is 19.3 Å². The number of allylic oxidation sites excluding steroid dienone is 2. The number of rotatable bonds is 0. The lowest BCUT2D eigenvalue weighted by Crippen LogP contribution is -2.42. The van der Waals surface area contributed by atoms with Crippen molar-refractivity contribution in [1.29, 1.82) is 0 Å². The van der Waals surface area contributed by atoms with E-state index in [1.165, 1.54) is 12.8 Å². The van der Waals surface area contributed by atoms with Gasteiger partial charge in [0.15, 0.2) is 0 Å². The molecule has 0 spiro atoms. The summed E-state index contributed by atoms with van der Waals surface area (Å²) in [5, 5.41) is 0. The van der Waals surface area contributed by atoms with Crippen LogP contribution in [-0.4, -0.2) is 24.4 Å². The summed E-state index contributed by atoms with van der Waals surface area (Å²) in [4.78, 5) is 13.2. The van der Waals surface area contributed by atoms with Crippen LogP contribution in [0, 0.1) is 11.8 Å². The van der Waals surface area contributed by atoms with E-state index in [0.717, 1.165) is 18.9 Å². The van der Waals surface area contributed by atoms with E-state index in [2.05, 4.69) is 12.2 Å². The van der Waals surface area contributed by atoms with Crippen LogP contribution in [0.1, 0.15) is 19.3 Å². The van der Waals surface area contributed by atoms with Gasteiger partial charge in [-0.2, -0.15) is 0 Å². The number of piperidine rings is 1. The van der Waals surface area contributed by atoms with E-state index in [4.69, 9.17) is 0 Å². The summed E-state index contributed by atoms with van der Waals surface area (Å²) < 4.78 is 0. The Kier molecular flexibility index (Phi) is 1.91. The molecule has 0 unspecified atom stereocenters. The molecular weight excluding hydrogens is 150 g/mol. The lowest BCUT2D eigenvalue weighted by Gasteiger charge is -2.36. The van der Waals surface area contributed by atoms with Crippen LogP contribution >= 0.6 is 0 Å². The lowest BCUT2D eigenvalue weighted by atomic mass is 9.79. The highest BCUT2D eigenvalue weighted by atomic mass is 16.2. The maximum absolute atomic E-state index is 11.3. The van der Waals surface area contributed by atoms with E-state index in [9.17, 15) is 4.79 Å². The van der Waals surface area contributed by atoms with Gasteiger partial charge in [0.05, 0.1) is 0 Å². The molecule has 12 heavy (non-hydrogen) atoms. The van der Waals surface area contributed by atoms with Gasteiger partial charge < -0.3 is 4.90 Å². The molecule has 2 atom stereocenters. The third-order valence-electron chi connectivity index (χ3n) is 3.04. The summed E-state index contributed by atoms with van der Waals surface area (Å²) >= 11 is 0. The van der Waals surface area contributed by atoms with Gasteiger partial charge in [-0.05, 0) is 24.7 Å². The lowest BCUT2D eigenvalue weighted by molar-refractivity contribution is -0.134. The summed E-state index contributed by atoms with van der Waals surface area (Å²) in [6.45, 7) is 0.966. The van der Waals surface area contributed by atoms with E-state index in [1.54, 1.807) is 0 Å². The minimum atomic E-state index is 0.308. The van der Waals surface area contributed by atoms with E-state index < -0.39 is 0 Å². The van der Waals surface area contributed by atoms with Crippen molar-refractivity contribution < 1.29 is 4.79 Å². The average molecular weight is 165 g/mol. The van der Waals surface area contributed by atoms with Gasteiger partial charge in [-0.25, -0.2) is 0 Å². The maximum atomic E-state index is 11.3. The van der Waals surface area contributed by atoms with Crippen LogP contribution in [0.5, 0.6) is 0 Å². The minimum Gasteiger partial charge on any atom is -0.345 e. The van der Waals surface area contributed by atoms with Crippen molar-refractivity contribution in [3.8, 4) is 0 Å². The smallest absolute Gasteiger partial charge is 0.222 e. The highest BCUT2D eigenvalue weighted by Crippen LogP contribution is 2.31. The van der Waals surface area contributed by atoms with Gasteiger partial charge >= 0.3 is 0 Å². The molecule has 2 aliphatic rings. The van der Waals surface area contributed by atoms with Crippen molar-refractivity contribution in [3.63, 3.8) is 0 Å². The van der Waals surface area contributed by atoms with Crippen LogP contribution in [0.2, 0.25) is 0 Å². The molecule has 0 aromatic rings. The monoisotopic (exact) mass is 165 g/mol. The Morgan fingerprint density at radius 3 is 3.25 bits per heavy atom. The number of hydrogen-bond donors (Lipinski definition) is 0.